The molecule has 6 heteroatoms. The lowest BCUT2D eigenvalue weighted by Crippen LogP contribution is -2.46. The Morgan fingerprint density at radius 3 is 2.76 bits per heavy atom. The van der Waals surface area contributed by atoms with Gasteiger partial charge in [-0.2, -0.15) is 5.26 Å². The van der Waals surface area contributed by atoms with E-state index in [4.69, 9.17) is 14.7 Å². The van der Waals surface area contributed by atoms with Gasteiger partial charge in [0.2, 0.25) is 0 Å². The van der Waals surface area contributed by atoms with Crippen LogP contribution >= 0.6 is 0 Å². The van der Waals surface area contributed by atoms with E-state index >= 15 is 0 Å². The molecular weight excluding hydrogens is 272 g/mol. The first-order valence-corrected chi connectivity index (χ1v) is 6.67. The molecular formula is C15H16N2O4. The van der Waals surface area contributed by atoms with Crippen molar-refractivity contribution in [1.82, 2.24) is 4.90 Å². The number of esters is 1. The third-order valence-electron chi connectivity index (χ3n) is 3.17. The van der Waals surface area contributed by atoms with Crippen LogP contribution in [0.1, 0.15) is 22.8 Å². The Labute approximate surface area is 122 Å². The highest BCUT2D eigenvalue weighted by Crippen LogP contribution is 2.07. The van der Waals surface area contributed by atoms with Crippen LogP contribution in [-0.4, -0.2) is 49.2 Å². The quantitative estimate of drug-likeness (QED) is 0.774. The summed E-state index contributed by atoms with van der Waals surface area (Å²) in [5.74, 6) is -0.804. The Bertz CT molecular complexity index is 562. The number of hydrogen-bond acceptors (Lipinski definition) is 5. The summed E-state index contributed by atoms with van der Waals surface area (Å²) < 4.78 is 10.3. The van der Waals surface area contributed by atoms with Crippen molar-refractivity contribution in [2.24, 2.45) is 0 Å². The number of hydrogen-bond donors (Lipinski definition) is 0. The van der Waals surface area contributed by atoms with Gasteiger partial charge >= 0.3 is 5.97 Å². The fourth-order valence-corrected chi connectivity index (χ4v) is 2.03. The Kier molecular flexibility index (Phi) is 4.90. The van der Waals surface area contributed by atoms with Gasteiger partial charge in [0.15, 0.2) is 6.61 Å². The minimum atomic E-state index is -0.575. The normalized spacial score (nSPS) is 17.9. The number of ether oxygens (including phenoxy) is 2. The molecule has 2 rings (SSSR count). The van der Waals surface area contributed by atoms with Crippen molar-refractivity contribution in [3.05, 3.63) is 35.4 Å². The van der Waals surface area contributed by atoms with Gasteiger partial charge < -0.3 is 14.4 Å². The highest BCUT2D eigenvalue weighted by molar-refractivity contribution is 5.91. The number of carbonyl (C=O) groups excluding carboxylic acids is 2. The van der Waals surface area contributed by atoms with Gasteiger partial charge in [0.05, 0.1) is 29.9 Å². The average Bonchev–Trinajstić information content (AvgIpc) is 2.52. The Morgan fingerprint density at radius 2 is 2.14 bits per heavy atom. The number of carbonyl (C=O) groups is 2. The molecule has 0 N–H and O–H groups in total. The Hall–Kier alpha value is -2.39. The lowest BCUT2D eigenvalue weighted by Gasteiger charge is -2.30. The van der Waals surface area contributed by atoms with Crippen LogP contribution in [0.4, 0.5) is 0 Å². The van der Waals surface area contributed by atoms with Crippen LogP contribution in [0.25, 0.3) is 0 Å². The van der Waals surface area contributed by atoms with E-state index in [1.54, 1.807) is 4.90 Å². The molecule has 1 heterocycles. The molecule has 1 atom stereocenters. The smallest absolute Gasteiger partial charge is 0.338 e. The van der Waals surface area contributed by atoms with Gasteiger partial charge in [-0.1, -0.05) is 0 Å². The first kappa shape index (κ1) is 15.0. The molecule has 21 heavy (non-hydrogen) atoms. The molecule has 6 nitrogen and oxygen atoms in total. The molecule has 1 saturated heterocycles. The fraction of sp³-hybridized carbons (Fsp3) is 0.400. The number of nitriles is 1. The first-order valence-electron chi connectivity index (χ1n) is 6.67. The van der Waals surface area contributed by atoms with Crippen molar-refractivity contribution in [2.75, 3.05) is 26.3 Å². The summed E-state index contributed by atoms with van der Waals surface area (Å²) in [5.41, 5.74) is 0.780. The van der Waals surface area contributed by atoms with Gasteiger partial charge in [-0.25, -0.2) is 4.79 Å². The maximum Gasteiger partial charge on any atom is 0.338 e. The third kappa shape index (κ3) is 4.04. The third-order valence-corrected chi connectivity index (χ3v) is 3.17. The zero-order chi connectivity index (χ0) is 15.2. The summed E-state index contributed by atoms with van der Waals surface area (Å²) >= 11 is 0. The van der Waals surface area contributed by atoms with E-state index in [0.29, 0.717) is 30.8 Å². The molecule has 1 aliphatic heterocycles. The minimum Gasteiger partial charge on any atom is -0.452 e. The van der Waals surface area contributed by atoms with Crippen molar-refractivity contribution in [1.29, 1.82) is 5.26 Å². The van der Waals surface area contributed by atoms with E-state index in [9.17, 15) is 9.59 Å². The molecule has 0 bridgehead atoms. The highest BCUT2D eigenvalue weighted by Gasteiger charge is 2.22. The predicted molar refractivity (Wildman–Crippen MR) is 73.4 cm³/mol. The summed E-state index contributed by atoms with van der Waals surface area (Å²) in [6.45, 7) is 3.12. The molecule has 0 unspecified atom stereocenters. The van der Waals surface area contributed by atoms with Crippen molar-refractivity contribution in [2.45, 2.75) is 13.0 Å². The van der Waals surface area contributed by atoms with E-state index in [2.05, 4.69) is 0 Å². The van der Waals surface area contributed by atoms with Crippen LogP contribution in [0.5, 0.6) is 0 Å². The minimum absolute atomic E-state index is 0.00284. The van der Waals surface area contributed by atoms with E-state index in [1.807, 2.05) is 13.0 Å². The molecule has 0 saturated carbocycles. The number of amides is 1. The Morgan fingerprint density at radius 1 is 1.43 bits per heavy atom. The standard InChI is InChI=1S/C15H16N2O4/c1-11-9-17(6-7-20-11)14(18)10-21-15(19)13-4-2-12(8-16)3-5-13/h2-5,11H,6-7,9-10H2,1H3/t11-/m1/s1. The largest absolute Gasteiger partial charge is 0.452 e. The van der Waals surface area contributed by atoms with Crippen LogP contribution in [0.15, 0.2) is 24.3 Å². The number of morpholine rings is 1. The van der Waals surface area contributed by atoms with E-state index in [0.717, 1.165) is 0 Å². The van der Waals surface area contributed by atoms with Crippen molar-refractivity contribution in [3.8, 4) is 6.07 Å². The second-order valence-electron chi connectivity index (χ2n) is 4.79. The molecule has 1 aliphatic rings. The summed E-state index contributed by atoms with van der Waals surface area (Å²) in [6, 6.07) is 8.03. The molecule has 0 radical (unpaired) electrons. The summed E-state index contributed by atoms with van der Waals surface area (Å²) in [6.07, 6.45) is -0.00284. The molecule has 1 aromatic carbocycles. The second-order valence-corrected chi connectivity index (χ2v) is 4.79. The number of nitrogens with zero attached hydrogens (tertiary/aromatic N) is 2. The topological polar surface area (TPSA) is 79.6 Å². The van der Waals surface area contributed by atoms with Crippen molar-refractivity contribution in [3.63, 3.8) is 0 Å². The average molecular weight is 288 g/mol. The van der Waals surface area contributed by atoms with Crippen LogP contribution in [0.2, 0.25) is 0 Å². The first-order chi connectivity index (χ1) is 10.1. The molecule has 1 aromatic rings. The summed E-state index contributed by atoms with van der Waals surface area (Å²) in [4.78, 5) is 25.4. The highest BCUT2D eigenvalue weighted by atomic mass is 16.5. The van der Waals surface area contributed by atoms with E-state index in [-0.39, 0.29) is 18.6 Å². The lowest BCUT2D eigenvalue weighted by molar-refractivity contribution is -0.141. The maximum atomic E-state index is 11.9. The van der Waals surface area contributed by atoms with Crippen molar-refractivity contribution < 1.29 is 19.1 Å². The van der Waals surface area contributed by atoms with Gasteiger partial charge in [0.1, 0.15) is 0 Å². The molecule has 0 aliphatic carbocycles. The molecule has 1 fully saturated rings. The number of rotatable bonds is 3. The summed E-state index contributed by atoms with van der Waals surface area (Å²) in [5, 5.41) is 8.68. The van der Waals surface area contributed by atoms with E-state index in [1.165, 1.54) is 24.3 Å². The Balaban J connectivity index is 1.85. The van der Waals surface area contributed by atoms with E-state index < -0.39 is 5.97 Å². The lowest BCUT2D eigenvalue weighted by atomic mass is 10.1. The van der Waals surface area contributed by atoms with Crippen LogP contribution < -0.4 is 0 Å². The number of benzene rings is 1. The van der Waals surface area contributed by atoms with Gasteiger partial charge in [-0.15, -0.1) is 0 Å². The predicted octanol–water partition coefficient (Wildman–Crippen LogP) is 0.962. The monoisotopic (exact) mass is 288 g/mol. The summed E-state index contributed by atoms with van der Waals surface area (Å²) in [7, 11) is 0. The molecule has 110 valence electrons. The molecule has 0 aromatic heterocycles. The second kappa shape index (κ2) is 6.86. The van der Waals surface area contributed by atoms with Crippen LogP contribution in [-0.2, 0) is 14.3 Å². The van der Waals surface area contributed by atoms with Gasteiger partial charge in [0, 0.05) is 13.1 Å². The maximum absolute atomic E-state index is 11.9. The fourth-order valence-electron chi connectivity index (χ4n) is 2.03. The SMILES string of the molecule is C[C@@H]1CN(C(=O)COC(=O)c2ccc(C#N)cc2)CCO1. The van der Waals surface area contributed by atoms with Crippen LogP contribution in [0.3, 0.4) is 0 Å². The van der Waals surface area contributed by atoms with Crippen molar-refractivity contribution >= 4 is 11.9 Å². The van der Waals surface area contributed by atoms with Crippen LogP contribution in [0, 0.1) is 11.3 Å². The molecule has 1 amide bonds. The van der Waals surface area contributed by atoms with Gasteiger partial charge in [-0.05, 0) is 31.2 Å². The zero-order valence-corrected chi connectivity index (χ0v) is 11.7. The zero-order valence-electron chi connectivity index (χ0n) is 11.7. The van der Waals surface area contributed by atoms with Gasteiger partial charge in [-0.3, -0.25) is 4.79 Å². The molecule has 0 spiro atoms. The van der Waals surface area contributed by atoms with Gasteiger partial charge in [0.25, 0.3) is 5.91 Å².